The average molecular weight is 271 g/mol. The van der Waals surface area contributed by atoms with Crippen LogP contribution in [-0.4, -0.2) is 41.6 Å². The van der Waals surface area contributed by atoms with Gasteiger partial charge in [-0.25, -0.2) is 22.5 Å². The molecule has 0 bridgehead atoms. The quantitative estimate of drug-likeness (QED) is 0.770. The minimum absolute atomic E-state index is 0.176. The fourth-order valence-electron chi connectivity index (χ4n) is 2.28. The van der Waals surface area contributed by atoms with Crippen molar-refractivity contribution in [3.8, 4) is 0 Å². The lowest BCUT2D eigenvalue weighted by Crippen LogP contribution is -2.41. The zero-order chi connectivity index (χ0) is 13.2. The minimum Gasteiger partial charge on any atom is -0.299 e. The van der Waals surface area contributed by atoms with E-state index in [1.54, 1.807) is 12.3 Å². The van der Waals surface area contributed by atoms with E-state index in [0.29, 0.717) is 19.6 Å². The van der Waals surface area contributed by atoms with E-state index in [1.165, 1.54) is 21.3 Å². The molecule has 1 atom stereocenters. The molecule has 7 heteroatoms. The standard InChI is InChI=1S/C11H17N3O3S/c1-18(16,17)14-7-2-4-10(9-14)8-13-6-3-5-12-11(13)15/h3,5-6,10H,2,4,7-9H2,1H3. The number of hydrogen-bond donors (Lipinski definition) is 0. The molecular formula is C11H17N3O3S. The van der Waals surface area contributed by atoms with Crippen LogP contribution in [0.5, 0.6) is 0 Å². The molecule has 0 amide bonds. The first-order valence-corrected chi connectivity index (χ1v) is 7.78. The maximum atomic E-state index is 11.5. The Morgan fingerprint density at radius 1 is 1.50 bits per heavy atom. The SMILES string of the molecule is CS(=O)(=O)N1CCCC(Cn2cccnc2=O)C1. The molecule has 1 saturated heterocycles. The van der Waals surface area contributed by atoms with E-state index in [-0.39, 0.29) is 11.6 Å². The van der Waals surface area contributed by atoms with Gasteiger partial charge in [-0.2, -0.15) is 0 Å². The van der Waals surface area contributed by atoms with Gasteiger partial charge in [0.1, 0.15) is 0 Å². The third-order valence-electron chi connectivity index (χ3n) is 3.19. The van der Waals surface area contributed by atoms with E-state index in [1.807, 2.05) is 0 Å². The third kappa shape index (κ3) is 3.17. The number of piperidine rings is 1. The zero-order valence-electron chi connectivity index (χ0n) is 10.3. The topological polar surface area (TPSA) is 72.3 Å². The van der Waals surface area contributed by atoms with Crippen molar-refractivity contribution in [2.75, 3.05) is 19.3 Å². The number of aromatic nitrogens is 2. The monoisotopic (exact) mass is 271 g/mol. The number of rotatable bonds is 3. The molecular weight excluding hydrogens is 254 g/mol. The lowest BCUT2D eigenvalue weighted by Gasteiger charge is -2.31. The summed E-state index contributed by atoms with van der Waals surface area (Å²) >= 11 is 0. The van der Waals surface area contributed by atoms with Gasteiger partial charge in [0.05, 0.1) is 6.26 Å². The Morgan fingerprint density at radius 3 is 2.94 bits per heavy atom. The van der Waals surface area contributed by atoms with Crippen LogP contribution in [-0.2, 0) is 16.6 Å². The van der Waals surface area contributed by atoms with Gasteiger partial charge in [0, 0.05) is 32.0 Å². The summed E-state index contributed by atoms with van der Waals surface area (Å²) in [7, 11) is -3.13. The predicted molar refractivity (Wildman–Crippen MR) is 67.6 cm³/mol. The van der Waals surface area contributed by atoms with Crippen LogP contribution in [0, 0.1) is 5.92 Å². The lowest BCUT2D eigenvalue weighted by molar-refractivity contribution is 0.244. The van der Waals surface area contributed by atoms with Crippen molar-refractivity contribution in [2.45, 2.75) is 19.4 Å². The number of hydrogen-bond acceptors (Lipinski definition) is 4. The van der Waals surface area contributed by atoms with E-state index in [4.69, 9.17) is 0 Å². The molecule has 1 aromatic rings. The third-order valence-corrected chi connectivity index (χ3v) is 4.46. The van der Waals surface area contributed by atoms with Crippen molar-refractivity contribution in [1.82, 2.24) is 13.9 Å². The first-order valence-electron chi connectivity index (χ1n) is 5.93. The first-order chi connectivity index (χ1) is 8.47. The Hall–Kier alpha value is -1.21. The molecule has 1 aliphatic heterocycles. The highest BCUT2D eigenvalue weighted by atomic mass is 32.2. The van der Waals surface area contributed by atoms with Crippen molar-refractivity contribution in [2.24, 2.45) is 5.92 Å². The molecule has 0 N–H and O–H groups in total. The molecule has 2 rings (SSSR count). The average Bonchev–Trinajstić information content (AvgIpc) is 2.31. The molecule has 18 heavy (non-hydrogen) atoms. The second kappa shape index (κ2) is 5.19. The van der Waals surface area contributed by atoms with Crippen molar-refractivity contribution in [3.05, 3.63) is 28.9 Å². The summed E-state index contributed by atoms with van der Waals surface area (Å²) in [5.74, 6) is 0.176. The van der Waals surface area contributed by atoms with Crippen LogP contribution in [0.3, 0.4) is 0 Å². The van der Waals surface area contributed by atoms with Crippen LogP contribution in [0.1, 0.15) is 12.8 Å². The molecule has 1 aliphatic rings. The second-order valence-corrected chi connectivity index (χ2v) is 6.67. The maximum Gasteiger partial charge on any atom is 0.347 e. The Bertz CT molecular complexity index is 567. The van der Waals surface area contributed by atoms with Crippen molar-refractivity contribution in [3.63, 3.8) is 0 Å². The van der Waals surface area contributed by atoms with Crippen molar-refractivity contribution in [1.29, 1.82) is 0 Å². The maximum absolute atomic E-state index is 11.5. The van der Waals surface area contributed by atoms with Crippen LogP contribution in [0.2, 0.25) is 0 Å². The molecule has 0 saturated carbocycles. The lowest BCUT2D eigenvalue weighted by atomic mass is 10.00. The molecule has 6 nitrogen and oxygen atoms in total. The molecule has 1 unspecified atom stereocenters. The molecule has 0 aliphatic carbocycles. The number of sulfonamides is 1. The van der Waals surface area contributed by atoms with Crippen molar-refractivity contribution < 1.29 is 8.42 Å². The van der Waals surface area contributed by atoms with Gasteiger partial charge in [-0.1, -0.05) is 0 Å². The molecule has 0 aromatic carbocycles. The molecule has 2 heterocycles. The van der Waals surface area contributed by atoms with Gasteiger partial charge in [-0.05, 0) is 24.8 Å². The van der Waals surface area contributed by atoms with Gasteiger partial charge in [-0.15, -0.1) is 0 Å². The van der Waals surface area contributed by atoms with Gasteiger partial charge in [0.25, 0.3) is 0 Å². The normalized spacial score (nSPS) is 21.9. The van der Waals surface area contributed by atoms with Gasteiger partial charge < -0.3 is 0 Å². The molecule has 1 aromatic heterocycles. The van der Waals surface area contributed by atoms with Gasteiger partial charge in [0.15, 0.2) is 0 Å². The van der Waals surface area contributed by atoms with Gasteiger partial charge in [-0.3, -0.25) is 4.57 Å². The Balaban J connectivity index is 2.07. The summed E-state index contributed by atoms with van der Waals surface area (Å²) in [6.07, 6.45) is 6.16. The summed E-state index contributed by atoms with van der Waals surface area (Å²) in [5, 5.41) is 0. The summed E-state index contributed by atoms with van der Waals surface area (Å²) < 4.78 is 26.0. The van der Waals surface area contributed by atoms with E-state index in [2.05, 4.69) is 4.98 Å². The van der Waals surface area contributed by atoms with E-state index in [9.17, 15) is 13.2 Å². The Morgan fingerprint density at radius 2 is 2.28 bits per heavy atom. The highest BCUT2D eigenvalue weighted by Crippen LogP contribution is 2.19. The van der Waals surface area contributed by atoms with Crippen LogP contribution in [0.4, 0.5) is 0 Å². The minimum atomic E-state index is -3.13. The Kier molecular flexibility index (Phi) is 3.82. The summed E-state index contributed by atoms with van der Waals surface area (Å²) in [5.41, 5.74) is -0.283. The molecule has 0 spiro atoms. The van der Waals surface area contributed by atoms with Crippen molar-refractivity contribution >= 4 is 10.0 Å². The molecule has 0 radical (unpaired) electrons. The largest absolute Gasteiger partial charge is 0.347 e. The number of nitrogens with zero attached hydrogens (tertiary/aromatic N) is 3. The summed E-state index contributed by atoms with van der Waals surface area (Å²) in [4.78, 5) is 15.2. The molecule has 100 valence electrons. The highest BCUT2D eigenvalue weighted by Gasteiger charge is 2.26. The van der Waals surface area contributed by atoms with E-state index < -0.39 is 10.0 Å². The summed E-state index contributed by atoms with van der Waals surface area (Å²) in [6.45, 7) is 1.59. The van der Waals surface area contributed by atoms with Gasteiger partial charge in [0.2, 0.25) is 10.0 Å². The first kappa shape index (κ1) is 13.2. The summed E-state index contributed by atoms with van der Waals surface area (Å²) in [6, 6.07) is 1.71. The second-order valence-electron chi connectivity index (χ2n) is 4.68. The predicted octanol–water partition coefficient (Wildman–Crippen LogP) is -0.0851. The van der Waals surface area contributed by atoms with Gasteiger partial charge >= 0.3 is 5.69 Å². The Labute approximate surface area is 106 Å². The fourth-order valence-corrected chi connectivity index (χ4v) is 3.22. The van der Waals surface area contributed by atoms with E-state index >= 15 is 0 Å². The fraction of sp³-hybridized carbons (Fsp3) is 0.636. The van der Waals surface area contributed by atoms with E-state index in [0.717, 1.165) is 12.8 Å². The smallest absolute Gasteiger partial charge is 0.299 e. The van der Waals surface area contributed by atoms with Crippen LogP contribution in [0.25, 0.3) is 0 Å². The van der Waals surface area contributed by atoms with Crippen LogP contribution in [0.15, 0.2) is 23.3 Å². The zero-order valence-corrected chi connectivity index (χ0v) is 11.1. The molecule has 1 fully saturated rings. The van der Waals surface area contributed by atoms with Crippen LogP contribution >= 0.6 is 0 Å². The highest BCUT2D eigenvalue weighted by molar-refractivity contribution is 7.88. The van der Waals surface area contributed by atoms with Crippen LogP contribution < -0.4 is 5.69 Å².